The number of sulfonamides is 1. The predicted octanol–water partition coefficient (Wildman–Crippen LogP) is 1.33. The molecule has 114 valence electrons. The van der Waals surface area contributed by atoms with E-state index in [1.165, 1.54) is 28.6 Å². The molecule has 21 heavy (non-hydrogen) atoms. The Morgan fingerprint density at radius 3 is 2.62 bits per heavy atom. The number of hydrogen-bond donors (Lipinski definition) is 1. The van der Waals surface area contributed by atoms with E-state index in [2.05, 4.69) is 0 Å². The Balaban J connectivity index is 1.90. The average molecular weight is 311 g/mol. The number of hydrogen-bond acceptors (Lipinski definition) is 4. The summed E-state index contributed by atoms with van der Waals surface area (Å²) in [6.07, 6.45) is 2.68. The zero-order valence-corrected chi connectivity index (χ0v) is 12.3. The van der Waals surface area contributed by atoms with Crippen LogP contribution in [0.1, 0.15) is 29.6 Å². The number of ether oxygens (including phenoxy) is 1. The molecule has 0 aromatic heterocycles. The first kappa shape index (κ1) is 14.5. The van der Waals surface area contributed by atoms with Crippen molar-refractivity contribution in [2.24, 2.45) is 0 Å². The number of carboxylic acids is 1. The molecule has 6 nitrogen and oxygen atoms in total. The number of carboxylic acid groups (broad SMARTS) is 1. The second kappa shape index (κ2) is 5.40. The van der Waals surface area contributed by atoms with E-state index in [9.17, 15) is 13.2 Å². The summed E-state index contributed by atoms with van der Waals surface area (Å²) in [4.78, 5) is 11.0. The van der Waals surface area contributed by atoms with Crippen LogP contribution in [-0.2, 0) is 14.8 Å². The van der Waals surface area contributed by atoms with Crippen LogP contribution in [0.15, 0.2) is 29.2 Å². The third-order valence-electron chi connectivity index (χ3n) is 4.14. The SMILES string of the molecule is O=C(O)c1ccc(S(=O)(=O)N2CCOC3CCCC32)cc1. The third kappa shape index (κ3) is 2.56. The third-order valence-corrected chi connectivity index (χ3v) is 6.08. The van der Waals surface area contributed by atoms with Gasteiger partial charge in [0, 0.05) is 6.54 Å². The van der Waals surface area contributed by atoms with Gasteiger partial charge in [-0.3, -0.25) is 0 Å². The summed E-state index contributed by atoms with van der Waals surface area (Å²) < 4.78 is 32.6. The van der Waals surface area contributed by atoms with Crippen molar-refractivity contribution >= 4 is 16.0 Å². The van der Waals surface area contributed by atoms with Gasteiger partial charge < -0.3 is 9.84 Å². The summed E-state index contributed by atoms with van der Waals surface area (Å²) in [5.74, 6) is -1.07. The summed E-state index contributed by atoms with van der Waals surface area (Å²) in [6, 6.07) is 5.27. The number of morpholine rings is 1. The van der Waals surface area contributed by atoms with Crippen LogP contribution in [0.5, 0.6) is 0 Å². The minimum Gasteiger partial charge on any atom is -0.478 e. The lowest BCUT2D eigenvalue weighted by atomic mass is 10.2. The molecule has 0 amide bonds. The van der Waals surface area contributed by atoms with E-state index >= 15 is 0 Å². The highest BCUT2D eigenvalue weighted by Crippen LogP contribution is 2.33. The molecule has 2 fully saturated rings. The van der Waals surface area contributed by atoms with Crippen molar-refractivity contribution in [3.8, 4) is 0 Å². The Labute approximate surface area is 123 Å². The van der Waals surface area contributed by atoms with E-state index in [-0.39, 0.29) is 22.6 Å². The van der Waals surface area contributed by atoms with Crippen molar-refractivity contribution in [2.45, 2.75) is 36.3 Å². The lowest BCUT2D eigenvalue weighted by molar-refractivity contribution is -0.0241. The van der Waals surface area contributed by atoms with Gasteiger partial charge in [-0.25, -0.2) is 13.2 Å². The van der Waals surface area contributed by atoms with Crippen molar-refractivity contribution in [3.63, 3.8) is 0 Å². The highest BCUT2D eigenvalue weighted by molar-refractivity contribution is 7.89. The van der Waals surface area contributed by atoms with Crippen molar-refractivity contribution in [1.82, 2.24) is 4.31 Å². The van der Waals surface area contributed by atoms with Gasteiger partial charge in [0.25, 0.3) is 0 Å². The minimum absolute atomic E-state index is 0.00758. The zero-order chi connectivity index (χ0) is 15.0. The first-order valence-electron chi connectivity index (χ1n) is 6.97. The largest absolute Gasteiger partial charge is 0.478 e. The molecule has 0 bridgehead atoms. The number of aromatic carboxylic acids is 1. The standard InChI is InChI=1S/C14H17NO5S/c16-14(17)10-4-6-11(7-5-10)21(18,19)15-8-9-20-13-3-1-2-12(13)15/h4-7,12-13H,1-3,8-9H2,(H,16,17). The minimum atomic E-state index is -3.60. The van der Waals surface area contributed by atoms with Gasteiger partial charge >= 0.3 is 5.97 Å². The molecule has 0 spiro atoms. The molecule has 7 heteroatoms. The fraction of sp³-hybridized carbons (Fsp3) is 0.500. The summed E-state index contributed by atoms with van der Waals surface area (Å²) >= 11 is 0. The van der Waals surface area contributed by atoms with Crippen LogP contribution < -0.4 is 0 Å². The van der Waals surface area contributed by atoms with Gasteiger partial charge in [0.2, 0.25) is 10.0 Å². The van der Waals surface area contributed by atoms with Crippen molar-refractivity contribution in [2.75, 3.05) is 13.2 Å². The molecule has 1 aliphatic carbocycles. The van der Waals surface area contributed by atoms with Crippen LogP contribution in [0.3, 0.4) is 0 Å². The molecule has 1 aliphatic heterocycles. The van der Waals surface area contributed by atoms with Crippen molar-refractivity contribution in [3.05, 3.63) is 29.8 Å². The van der Waals surface area contributed by atoms with Crippen LogP contribution >= 0.6 is 0 Å². The van der Waals surface area contributed by atoms with Crippen LogP contribution in [0, 0.1) is 0 Å². The summed E-state index contributed by atoms with van der Waals surface area (Å²) in [6.45, 7) is 0.762. The van der Waals surface area contributed by atoms with Crippen LogP contribution in [0.2, 0.25) is 0 Å². The maximum Gasteiger partial charge on any atom is 0.335 e. The van der Waals surface area contributed by atoms with E-state index in [0.717, 1.165) is 19.3 Å². The Kier molecular flexibility index (Phi) is 3.73. The molecule has 0 radical (unpaired) electrons. The Bertz CT molecular complexity index is 640. The summed E-state index contributed by atoms with van der Waals surface area (Å²) in [7, 11) is -3.60. The molecule has 2 atom stereocenters. The number of carbonyl (C=O) groups is 1. The van der Waals surface area contributed by atoms with Gasteiger partial charge in [0.1, 0.15) is 0 Å². The normalized spacial score (nSPS) is 26.5. The molecule has 1 N–H and O–H groups in total. The number of fused-ring (bicyclic) bond motifs is 1. The molecule has 1 saturated heterocycles. The van der Waals surface area contributed by atoms with E-state index in [1.54, 1.807) is 0 Å². The van der Waals surface area contributed by atoms with E-state index < -0.39 is 16.0 Å². The van der Waals surface area contributed by atoms with Gasteiger partial charge in [-0.2, -0.15) is 4.31 Å². The molecule has 1 aromatic rings. The van der Waals surface area contributed by atoms with E-state index in [1.807, 2.05) is 0 Å². The Morgan fingerprint density at radius 2 is 1.95 bits per heavy atom. The van der Waals surface area contributed by atoms with Gasteiger partial charge in [-0.1, -0.05) is 0 Å². The smallest absolute Gasteiger partial charge is 0.335 e. The quantitative estimate of drug-likeness (QED) is 0.910. The van der Waals surface area contributed by atoms with E-state index in [4.69, 9.17) is 9.84 Å². The molecule has 3 rings (SSSR count). The fourth-order valence-electron chi connectivity index (χ4n) is 3.09. The molecule has 1 heterocycles. The second-order valence-corrected chi connectivity index (χ2v) is 7.24. The lowest BCUT2D eigenvalue weighted by Crippen LogP contribution is -2.51. The molecular formula is C14H17NO5S. The second-order valence-electron chi connectivity index (χ2n) is 5.35. The molecule has 1 saturated carbocycles. The van der Waals surface area contributed by atoms with Gasteiger partial charge in [-0.05, 0) is 43.5 Å². The van der Waals surface area contributed by atoms with Crippen molar-refractivity contribution in [1.29, 1.82) is 0 Å². The fourth-order valence-corrected chi connectivity index (χ4v) is 4.76. The number of benzene rings is 1. The number of nitrogens with zero attached hydrogens (tertiary/aromatic N) is 1. The monoisotopic (exact) mass is 311 g/mol. The number of rotatable bonds is 3. The highest BCUT2D eigenvalue weighted by Gasteiger charge is 2.42. The lowest BCUT2D eigenvalue weighted by Gasteiger charge is -2.36. The average Bonchev–Trinajstić information content (AvgIpc) is 2.95. The first-order valence-corrected chi connectivity index (χ1v) is 8.41. The molecule has 2 aliphatic rings. The van der Waals surface area contributed by atoms with Gasteiger partial charge in [0.15, 0.2) is 0 Å². The van der Waals surface area contributed by atoms with Crippen LogP contribution in [-0.4, -0.2) is 49.1 Å². The summed E-state index contributed by atoms with van der Waals surface area (Å²) in [5, 5.41) is 8.87. The van der Waals surface area contributed by atoms with Gasteiger partial charge in [0.05, 0.1) is 29.2 Å². The van der Waals surface area contributed by atoms with Crippen LogP contribution in [0.25, 0.3) is 0 Å². The van der Waals surface area contributed by atoms with Gasteiger partial charge in [-0.15, -0.1) is 0 Å². The topological polar surface area (TPSA) is 83.9 Å². The summed E-state index contributed by atoms with van der Waals surface area (Å²) in [5.41, 5.74) is 0.0784. The van der Waals surface area contributed by atoms with Crippen LogP contribution in [0.4, 0.5) is 0 Å². The highest BCUT2D eigenvalue weighted by atomic mass is 32.2. The maximum absolute atomic E-state index is 12.7. The molecule has 2 unspecified atom stereocenters. The van der Waals surface area contributed by atoms with Crippen molar-refractivity contribution < 1.29 is 23.1 Å². The van der Waals surface area contributed by atoms with E-state index in [0.29, 0.717) is 13.2 Å². The Hall–Kier alpha value is -1.44. The Morgan fingerprint density at radius 1 is 1.24 bits per heavy atom. The zero-order valence-electron chi connectivity index (χ0n) is 11.4. The predicted molar refractivity (Wildman–Crippen MR) is 74.7 cm³/mol. The first-order chi connectivity index (χ1) is 10.00. The molecule has 1 aromatic carbocycles. The molecular weight excluding hydrogens is 294 g/mol. The maximum atomic E-state index is 12.7.